The second-order valence-electron chi connectivity index (χ2n) is 3.76. The van der Waals surface area contributed by atoms with Gasteiger partial charge in [0.25, 0.3) is 0 Å². The zero-order chi connectivity index (χ0) is 8.84. The molecule has 0 spiro atoms. The average Bonchev–Trinajstić information content (AvgIpc) is 2.92. The van der Waals surface area contributed by atoms with Crippen LogP contribution >= 0.6 is 0 Å². The maximum absolute atomic E-state index is 4.22. The average molecular weight is 171 g/mol. The fourth-order valence-corrected chi connectivity index (χ4v) is 1.89. The van der Waals surface area contributed by atoms with Gasteiger partial charge < -0.3 is 0 Å². The van der Waals surface area contributed by atoms with E-state index in [1.807, 2.05) is 12.1 Å². The Morgan fingerprint density at radius 3 is 3.15 bits per heavy atom. The number of rotatable bonds is 1. The highest BCUT2D eigenvalue weighted by Crippen LogP contribution is 2.43. The Morgan fingerprint density at radius 2 is 2.38 bits per heavy atom. The van der Waals surface area contributed by atoms with E-state index in [1.54, 1.807) is 0 Å². The van der Waals surface area contributed by atoms with Crippen molar-refractivity contribution >= 4 is 10.9 Å². The highest BCUT2D eigenvalue weighted by Gasteiger charge is 2.26. The molecule has 3 rings (SSSR count). The van der Waals surface area contributed by atoms with E-state index < -0.39 is 0 Å². The van der Waals surface area contributed by atoms with Gasteiger partial charge in [-0.3, -0.25) is 5.10 Å². The highest BCUT2D eigenvalue weighted by atomic mass is 15.1. The van der Waals surface area contributed by atoms with Crippen molar-refractivity contribution in [2.24, 2.45) is 0 Å². The zero-order valence-electron chi connectivity index (χ0n) is 7.59. The van der Waals surface area contributed by atoms with Crippen molar-refractivity contribution in [1.29, 1.82) is 0 Å². The molecule has 1 aromatic heterocycles. The molecule has 1 aromatic carbocycles. The lowest BCUT2D eigenvalue weighted by molar-refractivity contribution is 1.07. The third kappa shape index (κ3) is 0.981. The van der Waals surface area contributed by atoms with Gasteiger partial charge in [-0.25, -0.2) is 0 Å². The van der Waals surface area contributed by atoms with Crippen LogP contribution in [0, 0.1) is 13.0 Å². The molecule has 65 valence electrons. The van der Waals surface area contributed by atoms with E-state index in [0.29, 0.717) is 0 Å². The molecule has 1 saturated carbocycles. The normalized spacial score (nSPS) is 16.7. The number of aromatic nitrogens is 2. The van der Waals surface area contributed by atoms with Gasteiger partial charge in [-0.05, 0) is 43.4 Å². The summed E-state index contributed by atoms with van der Waals surface area (Å²) < 4.78 is 0. The summed E-state index contributed by atoms with van der Waals surface area (Å²) in [5.41, 5.74) is 3.62. The van der Waals surface area contributed by atoms with Gasteiger partial charge in [0, 0.05) is 5.39 Å². The molecule has 1 heterocycles. The Kier molecular flexibility index (Phi) is 1.29. The predicted octanol–water partition coefficient (Wildman–Crippen LogP) is 2.55. The van der Waals surface area contributed by atoms with Gasteiger partial charge in [0.1, 0.15) is 0 Å². The van der Waals surface area contributed by atoms with Gasteiger partial charge in [-0.15, -0.1) is 0 Å². The number of hydrogen-bond donors (Lipinski definition) is 1. The Labute approximate surface area is 77.0 Å². The van der Waals surface area contributed by atoms with Crippen LogP contribution in [0.1, 0.15) is 30.0 Å². The third-order valence-corrected chi connectivity index (χ3v) is 2.72. The highest BCUT2D eigenvalue weighted by molar-refractivity contribution is 5.85. The van der Waals surface area contributed by atoms with Crippen molar-refractivity contribution in [3.05, 3.63) is 29.5 Å². The van der Waals surface area contributed by atoms with Gasteiger partial charge in [0.05, 0.1) is 11.2 Å². The first-order valence-corrected chi connectivity index (χ1v) is 4.71. The van der Waals surface area contributed by atoms with Crippen molar-refractivity contribution in [3.8, 4) is 0 Å². The van der Waals surface area contributed by atoms with E-state index in [2.05, 4.69) is 23.2 Å². The Hall–Kier alpha value is -1.31. The van der Waals surface area contributed by atoms with Crippen molar-refractivity contribution in [3.63, 3.8) is 0 Å². The molecule has 0 atom stereocenters. The summed E-state index contributed by atoms with van der Waals surface area (Å²) in [5, 5.41) is 8.56. The van der Waals surface area contributed by atoms with Gasteiger partial charge in [0.2, 0.25) is 0 Å². The van der Waals surface area contributed by atoms with Crippen LogP contribution in [0.15, 0.2) is 12.1 Å². The van der Waals surface area contributed by atoms with Gasteiger partial charge in [-0.2, -0.15) is 5.10 Å². The number of fused-ring (bicyclic) bond motifs is 1. The number of hydrogen-bond acceptors (Lipinski definition) is 1. The maximum Gasteiger partial charge on any atom is 0.0673 e. The molecular formula is C11H11N2. The third-order valence-electron chi connectivity index (χ3n) is 2.72. The molecule has 0 aliphatic heterocycles. The van der Waals surface area contributed by atoms with Crippen LogP contribution in [0.25, 0.3) is 10.9 Å². The SMILES string of the molecule is Cc1n[nH]c2cc[c]c(C3CC3)c12. The molecule has 0 saturated heterocycles. The van der Waals surface area contributed by atoms with Gasteiger partial charge >= 0.3 is 0 Å². The molecule has 2 nitrogen and oxygen atoms in total. The quantitative estimate of drug-likeness (QED) is 0.701. The van der Waals surface area contributed by atoms with Crippen molar-refractivity contribution in [1.82, 2.24) is 10.2 Å². The second-order valence-corrected chi connectivity index (χ2v) is 3.76. The summed E-state index contributed by atoms with van der Waals surface area (Å²) in [7, 11) is 0. The van der Waals surface area contributed by atoms with E-state index in [9.17, 15) is 0 Å². The van der Waals surface area contributed by atoms with E-state index in [4.69, 9.17) is 0 Å². The van der Waals surface area contributed by atoms with E-state index in [-0.39, 0.29) is 0 Å². The smallest absolute Gasteiger partial charge is 0.0673 e. The minimum atomic E-state index is 0.750. The summed E-state index contributed by atoms with van der Waals surface area (Å²) in [6, 6.07) is 7.38. The second kappa shape index (κ2) is 2.34. The standard InChI is InChI=1S/C11H11N2/c1-7-11-9(8-5-6-8)3-2-4-10(11)13-12-7/h2,4,8H,5-6H2,1H3,(H,12,13). The summed E-state index contributed by atoms with van der Waals surface area (Å²) in [4.78, 5) is 0. The lowest BCUT2D eigenvalue weighted by Gasteiger charge is -1.99. The lowest BCUT2D eigenvalue weighted by atomic mass is 10.0. The molecule has 2 heteroatoms. The summed E-state index contributed by atoms with van der Waals surface area (Å²) in [6.45, 7) is 2.05. The fourth-order valence-electron chi connectivity index (χ4n) is 1.89. The molecule has 0 unspecified atom stereocenters. The minimum absolute atomic E-state index is 0.750. The number of benzene rings is 1. The molecular weight excluding hydrogens is 160 g/mol. The molecule has 1 aliphatic rings. The predicted molar refractivity (Wildman–Crippen MR) is 51.6 cm³/mol. The molecule has 2 aromatic rings. The van der Waals surface area contributed by atoms with Gasteiger partial charge in [-0.1, -0.05) is 6.07 Å². The zero-order valence-corrected chi connectivity index (χ0v) is 7.59. The number of aromatic amines is 1. The number of nitrogens with one attached hydrogen (secondary N) is 1. The monoisotopic (exact) mass is 171 g/mol. The van der Waals surface area contributed by atoms with Crippen molar-refractivity contribution < 1.29 is 0 Å². The van der Waals surface area contributed by atoms with Gasteiger partial charge in [0.15, 0.2) is 0 Å². The van der Waals surface area contributed by atoms with Crippen LogP contribution in [-0.2, 0) is 0 Å². The van der Waals surface area contributed by atoms with Crippen LogP contribution < -0.4 is 0 Å². The first kappa shape index (κ1) is 7.13. The molecule has 1 aliphatic carbocycles. The fraction of sp³-hybridized carbons (Fsp3) is 0.364. The Balaban J connectivity index is 2.36. The molecule has 0 amide bonds. The topological polar surface area (TPSA) is 28.7 Å². The van der Waals surface area contributed by atoms with Crippen LogP contribution in [0.5, 0.6) is 0 Å². The summed E-state index contributed by atoms with van der Waals surface area (Å²) >= 11 is 0. The van der Waals surface area contributed by atoms with Crippen LogP contribution in [0.2, 0.25) is 0 Å². The Bertz CT molecular complexity index is 452. The molecule has 1 radical (unpaired) electrons. The maximum atomic E-state index is 4.22. The molecule has 1 N–H and O–H groups in total. The first-order valence-electron chi connectivity index (χ1n) is 4.71. The number of aryl methyl sites for hydroxylation is 1. The summed E-state index contributed by atoms with van der Waals surface area (Å²) in [5.74, 6) is 0.750. The molecule has 0 bridgehead atoms. The molecule has 13 heavy (non-hydrogen) atoms. The minimum Gasteiger partial charge on any atom is -0.278 e. The largest absolute Gasteiger partial charge is 0.278 e. The number of H-pyrrole nitrogens is 1. The van der Waals surface area contributed by atoms with Crippen LogP contribution in [-0.4, -0.2) is 10.2 Å². The van der Waals surface area contributed by atoms with Crippen molar-refractivity contribution in [2.45, 2.75) is 25.7 Å². The van der Waals surface area contributed by atoms with E-state index in [0.717, 1.165) is 17.1 Å². The van der Waals surface area contributed by atoms with Crippen LogP contribution in [0.3, 0.4) is 0 Å². The molecule has 1 fully saturated rings. The lowest BCUT2D eigenvalue weighted by Crippen LogP contribution is -1.82. The summed E-state index contributed by atoms with van der Waals surface area (Å²) in [6.07, 6.45) is 2.64. The number of nitrogens with zero attached hydrogens (tertiary/aromatic N) is 1. The Morgan fingerprint density at radius 1 is 1.54 bits per heavy atom. The van der Waals surface area contributed by atoms with E-state index >= 15 is 0 Å². The first-order chi connectivity index (χ1) is 6.36. The van der Waals surface area contributed by atoms with Crippen LogP contribution in [0.4, 0.5) is 0 Å². The van der Waals surface area contributed by atoms with E-state index in [1.165, 1.54) is 23.8 Å². The van der Waals surface area contributed by atoms with Crippen molar-refractivity contribution in [2.75, 3.05) is 0 Å².